The molecule has 0 radical (unpaired) electrons. The van der Waals surface area contributed by atoms with E-state index in [0.717, 1.165) is 37.4 Å². The molecule has 2 rings (SSSR count). The molecule has 4 heteroatoms. The number of carbonyl (C=O) groups excluding carboxylic acids is 1. The van der Waals surface area contributed by atoms with E-state index in [1.807, 2.05) is 31.2 Å². The summed E-state index contributed by atoms with van der Waals surface area (Å²) < 4.78 is 5.75. The molecule has 21 heavy (non-hydrogen) atoms. The van der Waals surface area contributed by atoms with Crippen LogP contribution in [0.25, 0.3) is 0 Å². The highest BCUT2D eigenvalue weighted by atomic mass is 16.5. The van der Waals surface area contributed by atoms with Gasteiger partial charge in [-0.15, -0.1) is 0 Å². The molecule has 0 bridgehead atoms. The lowest BCUT2D eigenvalue weighted by molar-refractivity contribution is -0.0295. The predicted octanol–water partition coefficient (Wildman–Crippen LogP) is 2.08. The van der Waals surface area contributed by atoms with Gasteiger partial charge in [0.05, 0.1) is 12.7 Å². The van der Waals surface area contributed by atoms with Gasteiger partial charge in [0, 0.05) is 31.7 Å². The molecule has 1 saturated heterocycles. The SMILES string of the molecule is Cc1ccccc1C(=O)NCC1CN(CC(C)C)CCO1. The highest BCUT2D eigenvalue weighted by Crippen LogP contribution is 2.09. The molecule has 4 nitrogen and oxygen atoms in total. The van der Waals surface area contributed by atoms with Gasteiger partial charge >= 0.3 is 0 Å². The van der Waals surface area contributed by atoms with Gasteiger partial charge in [-0.3, -0.25) is 9.69 Å². The molecular weight excluding hydrogens is 264 g/mol. The van der Waals surface area contributed by atoms with Gasteiger partial charge in [0.1, 0.15) is 0 Å². The minimum atomic E-state index is -0.0160. The molecule has 1 N–H and O–H groups in total. The first kappa shape index (κ1) is 16.0. The molecule has 116 valence electrons. The van der Waals surface area contributed by atoms with Crippen LogP contribution in [-0.4, -0.2) is 49.7 Å². The second-order valence-electron chi connectivity index (χ2n) is 6.17. The average molecular weight is 290 g/mol. The minimum Gasteiger partial charge on any atom is -0.374 e. The number of rotatable bonds is 5. The van der Waals surface area contributed by atoms with E-state index in [2.05, 4.69) is 24.1 Å². The van der Waals surface area contributed by atoms with Crippen molar-refractivity contribution < 1.29 is 9.53 Å². The summed E-state index contributed by atoms with van der Waals surface area (Å²) >= 11 is 0. The van der Waals surface area contributed by atoms with E-state index in [0.29, 0.717) is 12.5 Å². The predicted molar refractivity (Wildman–Crippen MR) is 84.5 cm³/mol. The Morgan fingerprint density at radius 1 is 1.43 bits per heavy atom. The number of hydrogen-bond acceptors (Lipinski definition) is 3. The van der Waals surface area contributed by atoms with Gasteiger partial charge in [-0.05, 0) is 24.5 Å². The summed E-state index contributed by atoms with van der Waals surface area (Å²) in [5.41, 5.74) is 1.74. The van der Waals surface area contributed by atoms with E-state index >= 15 is 0 Å². The molecule has 0 saturated carbocycles. The third-order valence-electron chi connectivity index (χ3n) is 3.73. The minimum absolute atomic E-state index is 0.0160. The Morgan fingerprint density at radius 3 is 2.90 bits per heavy atom. The van der Waals surface area contributed by atoms with Crippen LogP contribution < -0.4 is 5.32 Å². The lowest BCUT2D eigenvalue weighted by Gasteiger charge is -2.34. The van der Waals surface area contributed by atoms with Crippen LogP contribution in [0.1, 0.15) is 29.8 Å². The zero-order chi connectivity index (χ0) is 15.2. The smallest absolute Gasteiger partial charge is 0.251 e. The van der Waals surface area contributed by atoms with E-state index in [4.69, 9.17) is 4.74 Å². The lowest BCUT2D eigenvalue weighted by Crippen LogP contribution is -2.48. The number of carbonyl (C=O) groups is 1. The largest absolute Gasteiger partial charge is 0.374 e. The van der Waals surface area contributed by atoms with Crippen LogP contribution in [-0.2, 0) is 4.74 Å². The molecule has 0 aromatic heterocycles. The number of nitrogens with one attached hydrogen (secondary N) is 1. The summed E-state index contributed by atoms with van der Waals surface area (Å²) in [6, 6.07) is 7.65. The van der Waals surface area contributed by atoms with E-state index in [1.165, 1.54) is 0 Å². The van der Waals surface area contributed by atoms with Crippen molar-refractivity contribution >= 4 is 5.91 Å². The van der Waals surface area contributed by atoms with Crippen molar-refractivity contribution in [3.05, 3.63) is 35.4 Å². The zero-order valence-electron chi connectivity index (χ0n) is 13.3. The van der Waals surface area contributed by atoms with E-state index in [9.17, 15) is 4.79 Å². The highest BCUT2D eigenvalue weighted by molar-refractivity contribution is 5.95. The van der Waals surface area contributed by atoms with Gasteiger partial charge in [0.25, 0.3) is 5.91 Å². The molecule has 1 atom stereocenters. The second-order valence-corrected chi connectivity index (χ2v) is 6.17. The van der Waals surface area contributed by atoms with E-state index in [-0.39, 0.29) is 12.0 Å². The van der Waals surface area contributed by atoms with Crippen molar-refractivity contribution in [1.82, 2.24) is 10.2 Å². The number of aryl methyl sites for hydroxylation is 1. The normalized spacial score (nSPS) is 19.7. The molecule has 1 heterocycles. The highest BCUT2D eigenvalue weighted by Gasteiger charge is 2.21. The summed E-state index contributed by atoms with van der Waals surface area (Å²) in [4.78, 5) is 14.6. The maximum atomic E-state index is 12.2. The monoisotopic (exact) mass is 290 g/mol. The van der Waals surface area contributed by atoms with E-state index in [1.54, 1.807) is 0 Å². The van der Waals surface area contributed by atoms with Gasteiger partial charge in [-0.2, -0.15) is 0 Å². The number of benzene rings is 1. The molecule has 1 aromatic carbocycles. The fourth-order valence-corrected chi connectivity index (χ4v) is 2.72. The van der Waals surface area contributed by atoms with Gasteiger partial charge in [-0.1, -0.05) is 32.0 Å². The number of nitrogens with zero attached hydrogens (tertiary/aromatic N) is 1. The molecule has 0 aliphatic carbocycles. The van der Waals surface area contributed by atoms with E-state index < -0.39 is 0 Å². The Bertz CT molecular complexity index is 474. The van der Waals surface area contributed by atoms with Crippen LogP contribution in [0, 0.1) is 12.8 Å². The van der Waals surface area contributed by atoms with Crippen molar-refractivity contribution in [1.29, 1.82) is 0 Å². The fraction of sp³-hybridized carbons (Fsp3) is 0.588. The van der Waals surface area contributed by atoms with Crippen molar-refractivity contribution in [2.75, 3.05) is 32.8 Å². The zero-order valence-corrected chi connectivity index (χ0v) is 13.3. The van der Waals surface area contributed by atoms with Crippen LogP contribution in [0.4, 0.5) is 0 Å². The third-order valence-corrected chi connectivity index (χ3v) is 3.73. The summed E-state index contributed by atoms with van der Waals surface area (Å²) in [5.74, 6) is 0.642. The summed E-state index contributed by atoms with van der Waals surface area (Å²) in [6.07, 6.45) is 0.0884. The van der Waals surface area contributed by atoms with Gasteiger partial charge in [-0.25, -0.2) is 0 Å². The Balaban J connectivity index is 1.82. The first-order chi connectivity index (χ1) is 10.1. The number of ether oxygens (including phenoxy) is 1. The number of amides is 1. The first-order valence-corrected chi connectivity index (χ1v) is 7.74. The summed E-state index contributed by atoms with van der Waals surface area (Å²) in [7, 11) is 0. The standard InChI is InChI=1S/C17H26N2O2/c1-13(2)11-19-8-9-21-15(12-19)10-18-17(20)16-7-5-4-6-14(16)3/h4-7,13,15H,8-12H2,1-3H3,(H,18,20). The summed E-state index contributed by atoms with van der Waals surface area (Å²) in [6.45, 7) is 10.7. The van der Waals surface area contributed by atoms with Crippen LogP contribution in [0.5, 0.6) is 0 Å². The van der Waals surface area contributed by atoms with Crippen LogP contribution in [0.3, 0.4) is 0 Å². The average Bonchev–Trinajstić information content (AvgIpc) is 2.45. The van der Waals surface area contributed by atoms with Gasteiger partial charge in [0.15, 0.2) is 0 Å². The van der Waals surface area contributed by atoms with Crippen molar-refractivity contribution in [3.63, 3.8) is 0 Å². The number of hydrogen-bond donors (Lipinski definition) is 1. The Morgan fingerprint density at radius 2 is 2.19 bits per heavy atom. The lowest BCUT2D eigenvalue weighted by atomic mass is 10.1. The topological polar surface area (TPSA) is 41.6 Å². The van der Waals surface area contributed by atoms with Crippen molar-refractivity contribution in [2.24, 2.45) is 5.92 Å². The molecule has 1 aromatic rings. The van der Waals surface area contributed by atoms with Gasteiger partial charge < -0.3 is 10.1 Å². The first-order valence-electron chi connectivity index (χ1n) is 7.74. The second kappa shape index (κ2) is 7.57. The van der Waals surface area contributed by atoms with Crippen molar-refractivity contribution in [2.45, 2.75) is 26.9 Å². The molecule has 1 aliphatic rings. The number of morpholine rings is 1. The Labute approximate surface area is 127 Å². The maximum absolute atomic E-state index is 12.2. The molecule has 1 unspecified atom stereocenters. The molecular formula is C17H26N2O2. The van der Waals surface area contributed by atoms with Crippen LogP contribution in [0.15, 0.2) is 24.3 Å². The van der Waals surface area contributed by atoms with Crippen LogP contribution >= 0.6 is 0 Å². The Hall–Kier alpha value is -1.39. The molecule has 1 amide bonds. The summed E-state index contributed by atoms with van der Waals surface area (Å²) in [5, 5.41) is 2.99. The Kier molecular flexibility index (Phi) is 5.76. The van der Waals surface area contributed by atoms with Crippen LogP contribution in [0.2, 0.25) is 0 Å². The molecule has 1 aliphatic heterocycles. The third kappa shape index (κ3) is 4.83. The molecule has 0 spiro atoms. The quantitative estimate of drug-likeness (QED) is 0.903. The maximum Gasteiger partial charge on any atom is 0.251 e. The van der Waals surface area contributed by atoms with Crippen molar-refractivity contribution in [3.8, 4) is 0 Å². The molecule has 1 fully saturated rings. The fourth-order valence-electron chi connectivity index (χ4n) is 2.72. The van der Waals surface area contributed by atoms with Gasteiger partial charge in [0.2, 0.25) is 0 Å².